The summed E-state index contributed by atoms with van der Waals surface area (Å²) in [5, 5.41) is 7.58. The maximum atomic E-state index is 4.82. The Hall–Kier alpha value is -3.91. The lowest BCUT2D eigenvalue weighted by Gasteiger charge is -2.06. The molecule has 7 rings (SSSR count). The van der Waals surface area contributed by atoms with Crippen molar-refractivity contribution in [2.45, 2.75) is 0 Å². The van der Waals surface area contributed by atoms with Crippen LogP contribution >= 0.6 is 0 Å². The second-order valence-electron chi connectivity index (χ2n) is 7.67. The van der Waals surface area contributed by atoms with Gasteiger partial charge in [0, 0.05) is 38.7 Å². The summed E-state index contributed by atoms with van der Waals surface area (Å²) in [5.74, 6) is 0. The van der Waals surface area contributed by atoms with Gasteiger partial charge in [-0.25, -0.2) is 0 Å². The van der Waals surface area contributed by atoms with Crippen molar-refractivity contribution in [2.75, 3.05) is 0 Å². The molecule has 0 bridgehead atoms. The molecule has 3 heterocycles. The van der Waals surface area contributed by atoms with Crippen molar-refractivity contribution >= 4 is 48.9 Å². The molecule has 7 aromatic rings. The minimum atomic E-state index is 1.02. The number of benzene rings is 4. The number of fused-ring (bicyclic) bond motifs is 7. The van der Waals surface area contributed by atoms with Crippen molar-refractivity contribution in [3.05, 3.63) is 97.2 Å². The van der Waals surface area contributed by atoms with Crippen LogP contribution in [0.5, 0.6) is 0 Å². The number of hydrogen-bond donors (Lipinski definition) is 0. The molecule has 0 spiro atoms. The molecular formula is C27H16N2. The first-order chi connectivity index (χ1) is 14.4. The van der Waals surface area contributed by atoms with E-state index in [1.165, 1.54) is 54.4 Å². The molecule has 0 aliphatic rings. The van der Waals surface area contributed by atoms with E-state index in [1.807, 2.05) is 6.20 Å². The Morgan fingerprint density at radius 2 is 1.31 bits per heavy atom. The molecule has 0 fully saturated rings. The molecule has 0 amide bonds. The third-order valence-corrected chi connectivity index (χ3v) is 6.15. The quantitative estimate of drug-likeness (QED) is 0.303. The number of pyridine rings is 1. The van der Waals surface area contributed by atoms with Gasteiger partial charge in [-0.3, -0.25) is 4.98 Å². The van der Waals surface area contributed by atoms with E-state index in [2.05, 4.69) is 95.4 Å². The number of rotatable bonds is 1. The lowest BCUT2D eigenvalue weighted by Crippen LogP contribution is -1.86. The van der Waals surface area contributed by atoms with E-state index in [0.717, 1.165) is 5.69 Å². The van der Waals surface area contributed by atoms with Crippen molar-refractivity contribution in [1.29, 1.82) is 0 Å². The fourth-order valence-electron chi connectivity index (χ4n) is 4.92. The third kappa shape index (κ3) is 1.88. The Kier molecular flexibility index (Phi) is 2.77. The molecule has 0 N–H and O–H groups in total. The van der Waals surface area contributed by atoms with E-state index in [0.29, 0.717) is 0 Å². The highest BCUT2D eigenvalue weighted by molar-refractivity contribution is 6.25. The Morgan fingerprint density at radius 1 is 0.586 bits per heavy atom. The summed E-state index contributed by atoms with van der Waals surface area (Å²) in [7, 11) is 0. The van der Waals surface area contributed by atoms with Gasteiger partial charge in [0.15, 0.2) is 0 Å². The summed E-state index contributed by atoms with van der Waals surface area (Å²) in [6, 6.07) is 32.5. The van der Waals surface area contributed by atoms with Gasteiger partial charge in [-0.1, -0.05) is 72.8 Å². The van der Waals surface area contributed by atoms with E-state index in [9.17, 15) is 0 Å². The zero-order valence-corrected chi connectivity index (χ0v) is 15.6. The minimum Gasteiger partial charge on any atom is -0.308 e. The Balaban J connectivity index is 1.68. The first-order valence-corrected chi connectivity index (χ1v) is 9.91. The van der Waals surface area contributed by atoms with Gasteiger partial charge in [-0.15, -0.1) is 0 Å². The van der Waals surface area contributed by atoms with Crippen LogP contribution in [0.2, 0.25) is 0 Å². The molecule has 0 aliphatic carbocycles. The lowest BCUT2D eigenvalue weighted by atomic mass is 10.0. The van der Waals surface area contributed by atoms with Crippen molar-refractivity contribution in [3.63, 3.8) is 0 Å². The summed E-state index contributed by atoms with van der Waals surface area (Å²) in [6.07, 6.45) is 1.98. The van der Waals surface area contributed by atoms with Crippen LogP contribution in [0.25, 0.3) is 60.1 Å². The van der Waals surface area contributed by atoms with E-state index in [4.69, 9.17) is 4.98 Å². The van der Waals surface area contributed by atoms with Crippen molar-refractivity contribution in [2.24, 2.45) is 0 Å². The average Bonchev–Trinajstić information content (AvgIpc) is 3.31. The van der Waals surface area contributed by atoms with E-state index < -0.39 is 0 Å². The van der Waals surface area contributed by atoms with Crippen LogP contribution in [0.4, 0.5) is 0 Å². The van der Waals surface area contributed by atoms with Gasteiger partial charge in [-0.05, 0) is 23.6 Å². The van der Waals surface area contributed by atoms with Gasteiger partial charge in [0.2, 0.25) is 0 Å². The minimum absolute atomic E-state index is 1.02. The highest BCUT2D eigenvalue weighted by atomic mass is 14.9. The zero-order valence-electron chi connectivity index (χ0n) is 15.6. The Labute approximate surface area is 167 Å². The summed E-state index contributed by atoms with van der Waals surface area (Å²) >= 11 is 0. The topological polar surface area (TPSA) is 17.3 Å². The molecule has 4 aromatic carbocycles. The predicted molar refractivity (Wildman–Crippen MR) is 122 cm³/mol. The van der Waals surface area contributed by atoms with Gasteiger partial charge in [0.05, 0.1) is 22.2 Å². The first kappa shape index (κ1) is 15.1. The Bertz CT molecular complexity index is 1700. The molecule has 2 heteroatoms. The monoisotopic (exact) mass is 368 g/mol. The average molecular weight is 368 g/mol. The highest BCUT2D eigenvalue weighted by Crippen LogP contribution is 2.42. The molecule has 0 saturated carbocycles. The molecule has 29 heavy (non-hydrogen) atoms. The predicted octanol–water partition coefficient (Wildman–Crippen LogP) is 7.05. The summed E-state index contributed by atoms with van der Waals surface area (Å²) in [4.78, 5) is 4.82. The van der Waals surface area contributed by atoms with Crippen LogP contribution < -0.4 is 0 Å². The highest BCUT2D eigenvalue weighted by Gasteiger charge is 2.19. The third-order valence-electron chi connectivity index (χ3n) is 6.15. The molecule has 2 nitrogen and oxygen atoms in total. The number of nitrogens with zero attached hydrogens (tertiary/aromatic N) is 2. The molecule has 134 valence electrons. The maximum Gasteiger partial charge on any atom is 0.0715 e. The van der Waals surface area contributed by atoms with Gasteiger partial charge in [-0.2, -0.15) is 0 Å². The van der Waals surface area contributed by atoms with Crippen molar-refractivity contribution in [1.82, 2.24) is 9.38 Å². The van der Waals surface area contributed by atoms with Gasteiger partial charge < -0.3 is 4.40 Å². The van der Waals surface area contributed by atoms with Crippen LogP contribution in [0.1, 0.15) is 0 Å². The van der Waals surface area contributed by atoms with E-state index in [-0.39, 0.29) is 0 Å². The van der Waals surface area contributed by atoms with Crippen LogP contribution in [0, 0.1) is 0 Å². The summed E-state index contributed by atoms with van der Waals surface area (Å²) in [5.41, 5.74) is 6.01. The van der Waals surface area contributed by atoms with E-state index in [1.54, 1.807) is 0 Å². The summed E-state index contributed by atoms with van der Waals surface area (Å²) in [6.45, 7) is 0. The van der Waals surface area contributed by atoms with Crippen LogP contribution in [0.15, 0.2) is 97.2 Å². The van der Waals surface area contributed by atoms with Crippen LogP contribution in [-0.2, 0) is 0 Å². The lowest BCUT2D eigenvalue weighted by molar-refractivity contribution is 1.35. The van der Waals surface area contributed by atoms with E-state index >= 15 is 0 Å². The maximum absolute atomic E-state index is 4.82. The molecule has 0 saturated heterocycles. The van der Waals surface area contributed by atoms with Gasteiger partial charge in [0.25, 0.3) is 0 Å². The SMILES string of the molecule is c1ccc2cc(-c3cccc4c3c3cccc5c6ccccc6n4c53)ncc2c1. The van der Waals surface area contributed by atoms with Gasteiger partial charge >= 0.3 is 0 Å². The molecule has 0 atom stereocenters. The molecule has 3 aromatic heterocycles. The second kappa shape index (κ2) is 5.33. The summed E-state index contributed by atoms with van der Waals surface area (Å²) < 4.78 is 2.42. The standard InChI is InChI=1S/C27H16N2/c1-2-8-18-16-28-23(15-17(18)7-1)21-11-6-14-25-26(21)22-12-5-10-20-19-9-3-4-13-24(19)29(25)27(20)22/h1-16H. The molecule has 0 radical (unpaired) electrons. The molecule has 0 aliphatic heterocycles. The van der Waals surface area contributed by atoms with Crippen LogP contribution in [0.3, 0.4) is 0 Å². The first-order valence-electron chi connectivity index (χ1n) is 9.91. The van der Waals surface area contributed by atoms with Crippen molar-refractivity contribution in [3.8, 4) is 11.3 Å². The second-order valence-corrected chi connectivity index (χ2v) is 7.67. The molecular weight excluding hydrogens is 352 g/mol. The van der Waals surface area contributed by atoms with Gasteiger partial charge in [0.1, 0.15) is 0 Å². The number of hydrogen-bond acceptors (Lipinski definition) is 1. The Morgan fingerprint density at radius 3 is 2.28 bits per heavy atom. The van der Waals surface area contributed by atoms with Crippen molar-refractivity contribution < 1.29 is 0 Å². The normalized spacial score (nSPS) is 12.1. The zero-order chi connectivity index (χ0) is 18.9. The molecule has 0 unspecified atom stereocenters. The largest absolute Gasteiger partial charge is 0.308 e. The number of aromatic nitrogens is 2. The van der Waals surface area contributed by atoms with Crippen LogP contribution in [-0.4, -0.2) is 9.38 Å². The smallest absolute Gasteiger partial charge is 0.0715 e. The fraction of sp³-hybridized carbons (Fsp3) is 0. The number of para-hydroxylation sites is 2. The fourth-order valence-corrected chi connectivity index (χ4v) is 4.92.